The van der Waals surface area contributed by atoms with Crippen LogP contribution in [0.5, 0.6) is 0 Å². The zero-order valence-electron chi connectivity index (χ0n) is 16.8. The number of fused-ring (bicyclic) bond motifs is 1. The summed E-state index contributed by atoms with van der Waals surface area (Å²) < 4.78 is 17.2. The Kier molecular flexibility index (Phi) is 7.18. The van der Waals surface area contributed by atoms with Gasteiger partial charge in [0.15, 0.2) is 6.79 Å². The highest BCUT2D eigenvalue weighted by Gasteiger charge is 2.67. The second-order valence-electron chi connectivity index (χ2n) is 6.57. The van der Waals surface area contributed by atoms with E-state index < -0.39 is 19.8 Å². The highest BCUT2D eigenvalue weighted by molar-refractivity contribution is 8.01. The zero-order chi connectivity index (χ0) is 21.2. The molecule has 11 nitrogen and oxygen atoms in total. The molecule has 0 bridgehead atoms. The molecule has 3 rings (SSSR count). The summed E-state index contributed by atoms with van der Waals surface area (Å²) in [5.41, 5.74) is -0.104. The number of amides is 1. The fraction of sp³-hybridized carbons (Fsp3) is 0.667. The molecule has 0 radical (unpaired) electrons. The largest absolute Gasteiger partial charge is 0.434 e. The van der Waals surface area contributed by atoms with Gasteiger partial charge in [0.25, 0.3) is 11.6 Å². The molecule has 0 spiro atoms. The van der Waals surface area contributed by atoms with Crippen molar-refractivity contribution < 1.29 is 23.8 Å². The van der Waals surface area contributed by atoms with Crippen LogP contribution in [-0.4, -0.2) is 93.9 Å². The number of nitrogens with zero attached hydrogens (tertiary/aromatic N) is 5. The molecule has 0 unspecified atom stereocenters. The lowest BCUT2D eigenvalue weighted by Gasteiger charge is -2.55. The fourth-order valence-electron chi connectivity index (χ4n) is 3.09. The number of aryl methyl sites for hydroxylation is 1. The Hall–Kier alpha value is -1.24. The van der Waals surface area contributed by atoms with E-state index in [1.54, 1.807) is 23.5 Å². The molecule has 14 heteroatoms. The molecule has 1 fully saturated rings. The lowest BCUT2D eigenvalue weighted by atomic mass is 10.00. The van der Waals surface area contributed by atoms with Gasteiger partial charge in [-0.25, -0.2) is 9.48 Å². The summed E-state index contributed by atoms with van der Waals surface area (Å²) >= 11 is 2.94. The first kappa shape index (κ1) is 22.4. The van der Waals surface area contributed by atoms with Gasteiger partial charge in [0, 0.05) is 32.8 Å². The normalized spacial score (nSPS) is 24.0. The number of esters is 1. The summed E-state index contributed by atoms with van der Waals surface area (Å²) in [4.78, 5) is 27.4. The number of hydrogen-bond acceptors (Lipinski definition) is 11. The molecular formula is C15H24N6O5PS2+. The average molecular weight is 464 g/mol. The molecule has 1 amide bonds. The van der Waals surface area contributed by atoms with Crippen molar-refractivity contribution in [3.63, 3.8) is 0 Å². The number of tetrazole rings is 1. The van der Waals surface area contributed by atoms with Crippen LogP contribution in [-0.2, 0) is 30.8 Å². The van der Waals surface area contributed by atoms with E-state index in [1.807, 2.05) is 13.3 Å². The zero-order valence-corrected chi connectivity index (χ0v) is 19.4. The van der Waals surface area contributed by atoms with Gasteiger partial charge in [0.2, 0.25) is 5.16 Å². The number of ether oxygens (including phenoxy) is 3. The monoisotopic (exact) mass is 463 g/mol. The van der Waals surface area contributed by atoms with Gasteiger partial charge in [-0.05, 0) is 16.0 Å². The average Bonchev–Trinajstić information content (AvgIpc) is 3.12. The van der Waals surface area contributed by atoms with Crippen molar-refractivity contribution in [3.05, 3.63) is 11.3 Å². The Bertz CT molecular complexity index is 821. The van der Waals surface area contributed by atoms with Crippen molar-refractivity contribution in [1.82, 2.24) is 30.2 Å². The van der Waals surface area contributed by atoms with E-state index in [9.17, 15) is 9.59 Å². The highest BCUT2D eigenvalue weighted by atomic mass is 32.2. The molecule has 160 valence electrons. The summed E-state index contributed by atoms with van der Waals surface area (Å²) in [5.74, 6) is 0.0991. The standard InChI is InChI=1S/C15H23N6O5PS2/c1-20-14(16-18-19-20)29-7-9-6-28-13-15(25-3,17-27(4)5)12(23)21(13)10(9)11(22)26-8-24-2/h13,17H,6-8H2,1-5H3/p+1/t13-,15-/m0/s1. The summed E-state index contributed by atoms with van der Waals surface area (Å²) in [6, 6.07) is 0. The van der Waals surface area contributed by atoms with Crippen LogP contribution in [0.1, 0.15) is 0 Å². The Balaban J connectivity index is 1.89. The molecule has 0 aliphatic carbocycles. The first-order valence-electron chi connectivity index (χ1n) is 8.67. The highest BCUT2D eigenvalue weighted by Crippen LogP contribution is 2.49. The van der Waals surface area contributed by atoms with Crippen molar-refractivity contribution in [2.24, 2.45) is 7.05 Å². The van der Waals surface area contributed by atoms with Gasteiger partial charge in [-0.3, -0.25) is 9.69 Å². The smallest absolute Gasteiger partial charge is 0.357 e. The maximum atomic E-state index is 13.1. The van der Waals surface area contributed by atoms with E-state index in [1.165, 1.54) is 30.9 Å². The molecule has 1 aromatic rings. The Morgan fingerprint density at radius 2 is 2.21 bits per heavy atom. The number of nitrogens with one attached hydrogen (secondary N) is 1. The van der Waals surface area contributed by atoms with Crippen LogP contribution in [0.15, 0.2) is 16.4 Å². The van der Waals surface area contributed by atoms with Crippen LogP contribution >= 0.6 is 31.6 Å². The van der Waals surface area contributed by atoms with E-state index in [0.29, 0.717) is 16.7 Å². The molecule has 1 N–H and O–H groups in total. The van der Waals surface area contributed by atoms with Crippen LogP contribution < -0.4 is 5.09 Å². The Morgan fingerprint density at radius 1 is 1.45 bits per heavy atom. The van der Waals surface area contributed by atoms with E-state index >= 15 is 0 Å². The molecule has 3 heterocycles. The second kappa shape index (κ2) is 9.27. The number of methoxy groups -OCH3 is 2. The summed E-state index contributed by atoms with van der Waals surface area (Å²) in [6.45, 7) is 3.88. The molecule has 1 saturated heterocycles. The van der Waals surface area contributed by atoms with Gasteiger partial charge in [-0.1, -0.05) is 11.8 Å². The summed E-state index contributed by atoms with van der Waals surface area (Å²) in [5, 5.41) is 14.9. The van der Waals surface area contributed by atoms with Crippen LogP contribution in [0.25, 0.3) is 0 Å². The molecule has 2 atom stereocenters. The summed E-state index contributed by atoms with van der Waals surface area (Å²) in [6.07, 6.45) is 0. The number of hydrogen-bond donors (Lipinski definition) is 1. The van der Waals surface area contributed by atoms with Crippen molar-refractivity contribution >= 4 is 43.5 Å². The molecule has 2 aliphatic rings. The van der Waals surface area contributed by atoms with E-state index in [-0.39, 0.29) is 23.8 Å². The fourth-order valence-corrected chi connectivity index (χ4v) is 6.71. The predicted molar refractivity (Wildman–Crippen MR) is 111 cm³/mol. The first-order chi connectivity index (χ1) is 13.9. The van der Waals surface area contributed by atoms with Gasteiger partial charge in [0.05, 0.1) is 21.4 Å². The SMILES string of the molecule is COCOC(=O)C1=C(CSc2nnnn2C)CS[C@@H]2N1C(=O)[C@]2(N[PH+](C)C)OC. The number of aromatic nitrogens is 4. The van der Waals surface area contributed by atoms with Gasteiger partial charge in [-0.15, -0.1) is 16.9 Å². The molecule has 29 heavy (non-hydrogen) atoms. The van der Waals surface area contributed by atoms with Crippen LogP contribution in [0.3, 0.4) is 0 Å². The van der Waals surface area contributed by atoms with Crippen molar-refractivity contribution in [2.45, 2.75) is 16.3 Å². The van der Waals surface area contributed by atoms with Gasteiger partial charge >= 0.3 is 5.97 Å². The van der Waals surface area contributed by atoms with Crippen molar-refractivity contribution in [1.29, 1.82) is 0 Å². The Morgan fingerprint density at radius 3 is 2.79 bits per heavy atom. The topological polar surface area (TPSA) is 121 Å². The summed E-state index contributed by atoms with van der Waals surface area (Å²) in [7, 11) is 3.70. The molecule has 0 aromatic carbocycles. The Labute approximate surface area is 178 Å². The number of β-lactam (4-membered cyclic amide) rings is 1. The minimum Gasteiger partial charge on any atom is -0.434 e. The number of carbonyl (C=O) groups excluding carboxylic acids is 2. The van der Waals surface area contributed by atoms with Crippen LogP contribution in [0, 0.1) is 0 Å². The maximum Gasteiger partial charge on any atom is 0.357 e. The second-order valence-corrected chi connectivity index (χ2v) is 10.8. The third-order valence-electron chi connectivity index (χ3n) is 4.33. The molecule has 1 aromatic heterocycles. The van der Waals surface area contributed by atoms with Crippen LogP contribution in [0.2, 0.25) is 0 Å². The minimum atomic E-state index is -1.12. The lowest BCUT2D eigenvalue weighted by Crippen LogP contribution is -2.79. The van der Waals surface area contributed by atoms with E-state index in [2.05, 4.69) is 20.6 Å². The number of carbonyl (C=O) groups is 2. The first-order valence-corrected chi connectivity index (χ1v) is 13.2. The number of rotatable bonds is 9. The van der Waals surface area contributed by atoms with E-state index in [0.717, 1.165) is 5.57 Å². The van der Waals surface area contributed by atoms with Gasteiger partial charge < -0.3 is 14.2 Å². The quantitative estimate of drug-likeness (QED) is 0.174. The molecule has 2 aliphatic heterocycles. The lowest BCUT2D eigenvalue weighted by molar-refractivity contribution is -0.187. The predicted octanol–water partition coefficient (Wildman–Crippen LogP) is -0.0604. The minimum absolute atomic E-state index is 0.194. The molecular weight excluding hydrogens is 439 g/mol. The van der Waals surface area contributed by atoms with Crippen molar-refractivity contribution in [3.8, 4) is 0 Å². The van der Waals surface area contributed by atoms with E-state index in [4.69, 9.17) is 14.2 Å². The van der Waals surface area contributed by atoms with Crippen LogP contribution in [0.4, 0.5) is 0 Å². The third kappa shape index (κ3) is 4.17. The third-order valence-corrected chi connectivity index (χ3v) is 7.67. The van der Waals surface area contributed by atoms with Crippen molar-refractivity contribution in [2.75, 3.05) is 45.8 Å². The van der Waals surface area contributed by atoms with Gasteiger partial charge in [0.1, 0.15) is 11.1 Å². The molecule has 0 saturated carbocycles. The number of thioether (sulfide) groups is 2. The van der Waals surface area contributed by atoms with Gasteiger partial charge in [-0.2, -0.15) is 5.09 Å². The maximum absolute atomic E-state index is 13.1.